The van der Waals surface area contributed by atoms with E-state index in [4.69, 9.17) is 0 Å². The van der Waals surface area contributed by atoms with Gasteiger partial charge in [-0.25, -0.2) is 9.38 Å². The highest BCUT2D eigenvalue weighted by molar-refractivity contribution is 14.1. The molecular formula is C16H8IN3O4S. The van der Waals surface area contributed by atoms with E-state index in [0.717, 1.165) is 11.0 Å². The van der Waals surface area contributed by atoms with E-state index in [1.165, 1.54) is 21.8 Å². The van der Waals surface area contributed by atoms with Crippen molar-refractivity contribution in [2.75, 3.05) is 0 Å². The molecule has 2 aromatic carbocycles. The smallest absolute Gasteiger partial charge is 0.312 e. The highest BCUT2D eigenvalue weighted by Gasteiger charge is 2.17. The van der Waals surface area contributed by atoms with Crippen LogP contribution in [0.2, 0.25) is 0 Å². The van der Waals surface area contributed by atoms with Crippen LogP contribution in [0.1, 0.15) is 5.56 Å². The number of aromatic nitrogens is 2. The Bertz CT molecular complexity index is 1280. The molecule has 124 valence electrons. The number of hydrogen-bond acceptors (Lipinski definition) is 6. The molecule has 0 amide bonds. The number of nitro benzene ring substituents is 1. The Balaban J connectivity index is 1.97. The molecule has 1 N–H and O–H groups in total. The zero-order chi connectivity index (χ0) is 17.7. The second kappa shape index (κ2) is 5.77. The normalized spacial score (nSPS) is 12.3. The minimum Gasteiger partial charge on any atom is -0.501 e. The number of halogens is 1. The van der Waals surface area contributed by atoms with Crippen LogP contribution >= 0.6 is 33.9 Å². The lowest BCUT2D eigenvalue weighted by atomic mass is 10.2. The maximum atomic E-state index is 12.7. The third-order valence-corrected chi connectivity index (χ3v) is 5.50. The number of rotatable bonds is 2. The largest absolute Gasteiger partial charge is 0.501 e. The second-order valence-electron chi connectivity index (χ2n) is 5.26. The van der Waals surface area contributed by atoms with Gasteiger partial charge in [0.2, 0.25) is 5.75 Å². The number of aromatic hydroxyl groups is 1. The summed E-state index contributed by atoms with van der Waals surface area (Å²) in [4.78, 5) is 28.1. The molecule has 4 aromatic rings. The summed E-state index contributed by atoms with van der Waals surface area (Å²) >= 11 is 3.04. The Hall–Kier alpha value is -2.53. The molecule has 0 bridgehead atoms. The lowest BCUT2D eigenvalue weighted by Crippen LogP contribution is -2.22. The van der Waals surface area contributed by atoms with E-state index in [-0.39, 0.29) is 11.3 Å². The first kappa shape index (κ1) is 16.0. The predicted molar refractivity (Wildman–Crippen MR) is 103 cm³/mol. The second-order valence-corrected chi connectivity index (χ2v) is 7.43. The van der Waals surface area contributed by atoms with Gasteiger partial charge in [0.15, 0.2) is 4.96 Å². The first-order valence-corrected chi connectivity index (χ1v) is 8.94. The number of para-hydroxylation sites is 2. The fourth-order valence-corrected chi connectivity index (χ4v) is 4.21. The van der Waals surface area contributed by atoms with Crippen molar-refractivity contribution in [1.82, 2.24) is 9.38 Å². The average molecular weight is 465 g/mol. The van der Waals surface area contributed by atoms with Gasteiger partial charge in [0.25, 0.3) is 5.56 Å². The third kappa shape index (κ3) is 2.55. The summed E-state index contributed by atoms with van der Waals surface area (Å²) in [7, 11) is 0. The highest BCUT2D eigenvalue weighted by Crippen LogP contribution is 2.32. The van der Waals surface area contributed by atoms with Gasteiger partial charge in [-0.05, 0) is 52.4 Å². The quantitative estimate of drug-likeness (QED) is 0.279. The van der Waals surface area contributed by atoms with E-state index < -0.39 is 10.6 Å². The number of thiazole rings is 1. The number of phenols is 1. The van der Waals surface area contributed by atoms with E-state index in [9.17, 15) is 20.0 Å². The third-order valence-electron chi connectivity index (χ3n) is 3.71. The fourth-order valence-electron chi connectivity index (χ4n) is 2.59. The van der Waals surface area contributed by atoms with Crippen molar-refractivity contribution in [2.45, 2.75) is 0 Å². The highest BCUT2D eigenvalue weighted by atomic mass is 127. The van der Waals surface area contributed by atoms with Crippen molar-refractivity contribution in [3.63, 3.8) is 0 Å². The van der Waals surface area contributed by atoms with E-state index in [1.807, 2.05) is 46.9 Å². The molecule has 0 radical (unpaired) electrons. The van der Waals surface area contributed by atoms with E-state index >= 15 is 0 Å². The van der Waals surface area contributed by atoms with Crippen LogP contribution in [-0.2, 0) is 0 Å². The summed E-state index contributed by atoms with van der Waals surface area (Å²) < 4.78 is 2.30. The van der Waals surface area contributed by atoms with Gasteiger partial charge in [0.05, 0.1) is 24.1 Å². The maximum Gasteiger partial charge on any atom is 0.312 e. The standard InChI is InChI=1S/C16H8IN3O4S/c17-9-5-8(6-12(14(9)21)20(23)24)7-13-15(22)19-11-4-2-1-3-10(11)18-16(19)25-13/h1-7,21H/b13-7-. The summed E-state index contributed by atoms with van der Waals surface area (Å²) in [6.45, 7) is 0. The van der Waals surface area contributed by atoms with Crippen molar-refractivity contribution >= 4 is 61.7 Å². The molecule has 9 heteroatoms. The average Bonchev–Trinajstić information content (AvgIpc) is 3.07. The van der Waals surface area contributed by atoms with Crippen LogP contribution in [0, 0.1) is 13.7 Å². The monoisotopic (exact) mass is 465 g/mol. The summed E-state index contributed by atoms with van der Waals surface area (Å²) in [6.07, 6.45) is 1.57. The van der Waals surface area contributed by atoms with Gasteiger partial charge in [0, 0.05) is 6.07 Å². The lowest BCUT2D eigenvalue weighted by molar-refractivity contribution is -0.386. The van der Waals surface area contributed by atoms with Crippen LogP contribution < -0.4 is 10.1 Å². The first-order chi connectivity index (χ1) is 12.0. The number of hydrogen-bond donors (Lipinski definition) is 1. The van der Waals surface area contributed by atoms with Crippen molar-refractivity contribution in [3.05, 3.63) is 70.5 Å². The minimum atomic E-state index is -0.651. The minimum absolute atomic E-state index is 0.223. The molecule has 0 saturated carbocycles. The zero-order valence-corrected chi connectivity index (χ0v) is 15.3. The summed E-state index contributed by atoms with van der Waals surface area (Å²) in [5.74, 6) is -0.378. The molecule has 0 atom stereocenters. The van der Waals surface area contributed by atoms with Gasteiger partial charge in [-0.3, -0.25) is 14.9 Å². The van der Waals surface area contributed by atoms with Crippen molar-refractivity contribution < 1.29 is 10.0 Å². The number of nitrogens with zero attached hydrogens (tertiary/aromatic N) is 3. The van der Waals surface area contributed by atoms with Gasteiger partial charge < -0.3 is 5.11 Å². The van der Waals surface area contributed by atoms with Gasteiger partial charge in [-0.15, -0.1) is 0 Å². The van der Waals surface area contributed by atoms with Gasteiger partial charge in [0.1, 0.15) is 0 Å². The summed E-state index contributed by atoms with van der Waals surface area (Å²) in [6, 6.07) is 10.2. The lowest BCUT2D eigenvalue weighted by Gasteiger charge is -2.00. The maximum absolute atomic E-state index is 12.7. The molecule has 0 spiro atoms. The molecular weight excluding hydrogens is 457 g/mol. The fraction of sp³-hybridized carbons (Fsp3) is 0. The molecule has 0 unspecified atom stereocenters. The number of benzene rings is 2. The van der Waals surface area contributed by atoms with Crippen LogP contribution in [0.5, 0.6) is 5.75 Å². The van der Waals surface area contributed by atoms with Crippen LogP contribution in [0.15, 0.2) is 41.2 Å². The number of imidazole rings is 1. The van der Waals surface area contributed by atoms with E-state index in [1.54, 1.807) is 12.1 Å². The Labute approximate surface area is 157 Å². The number of nitro groups is 1. The number of phenolic OH excluding ortho intramolecular Hbond substituents is 1. The van der Waals surface area contributed by atoms with Gasteiger partial charge in [-0.1, -0.05) is 23.5 Å². The Kier molecular flexibility index (Phi) is 3.69. The number of fused-ring (bicyclic) bond motifs is 3. The Morgan fingerprint density at radius 3 is 2.84 bits per heavy atom. The van der Waals surface area contributed by atoms with Crippen molar-refractivity contribution in [3.8, 4) is 5.75 Å². The van der Waals surface area contributed by atoms with E-state index in [0.29, 0.717) is 18.6 Å². The molecule has 0 aliphatic carbocycles. The van der Waals surface area contributed by atoms with Crippen molar-refractivity contribution in [1.29, 1.82) is 0 Å². The van der Waals surface area contributed by atoms with Crippen LogP contribution in [-0.4, -0.2) is 19.4 Å². The van der Waals surface area contributed by atoms with E-state index in [2.05, 4.69) is 4.98 Å². The topological polar surface area (TPSA) is 97.7 Å². The molecule has 0 fully saturated rings. The molecule has 2 aromatic heterocycles. The predicted octanol–water partition coefficient (Wildman–Crippen LogP) is 2.68. The molecule has 0 saturated heterocycles. The van der Waals surface area contributed by atoms with Crippen molar-refractivity contribution in [2.24, 2.45) is 0 Å². The molecule has 4 rings (SSSR count). The molecule has 0 aliphatic rings. The summed E-state index contributed by atoms with van der Waals surface area (Å²) in [5.41, 5.74) is 1.33. The Morgan fingerprint density at radius 1 is 1.32 bits per heavy atom. The van der Waals surface area contributed by atoms with Gasteiger partial charge >= 0.3 is 5.69 Å². The molecule has 7 nitrogen and oxygen atoms in total. The van der Waals surface area contributed by atoms with Crippen LogP contribution in [0.25, 0.3) is 22.1 Å². The molecule has 25 heavy (non-hydrogen) atoms. The zero-order valence-electron chi connectivity index (χ0n) is 12.3. The molecule has 2 heterocycles. The van der Waals surface area contributed by atoms with Crippen LogP contribution in [0.4, 0.5) is 5.69 Å². The van der Waals surface area contributed by atoms with Crippen LogP contribution in [0.3, 0.4) is 0 Å². The summed E-state index contributed by atoms with van der Waals surface area (Å²) in [5, 5.41) is 20.8. The molecule has 0 aliphatic heterocycles. The van der Waals surface area contributed by atoms with Gasteiger partial charge in [-0.2, -0.15) is 0 Å². The Morgan fingerprint density at radius 2 is 2.08 bits per heavy atom. The SMILES string of the molecule is O=c1/c(=C/c2cc(I)c(O)c([N+](=O)[O-])c2)sc2nc3ccccc3n12. The first-order valence-electron chi connectivity index (χ1n) is 7.04.